The minimum Gasteiger partial charge on any atom is -0.463 e. The van der Waals surface area contributed by atoms with Crippen molar-refractivity contribution in [3.8, 4) is 0 Å². The van der Waals surface area contributed by atoms with Gasteiger partial charge in [0.25, 0.3) is 0 Å². The summed E-state index contributed by atoms with van der Waals surface area (Å²) in [5.74, 6) is -0.485. The predicted molar refractivity (Wildman–Crippen MR) is 53.2 cm³/mol. The fourth-order valence-electron chi connectivity index (χ4n) is 1.70. The van der Waals surface area contributed by atoms with Crippen molar-refractivity contribution in [2.45, 2.75) is 31.7 Å². The number of rotatable bonds is 2. The van der Waals surface area contributed by atoms with Gasteiger partial charge in [-0.3, -0.25) is 8.37 Å². The lowest BCUT2D eigenvalue weighted by atomic mass is 9.92. The number of hydrogen-bond acceptors (Lipinski definition) is 6. The maximum absolute atomic E-state index is 11.4. The van der Waals surface area contributed by atoms with Gasteiger partial charge in [0, 0.05) is 12.0 Å². The predicted octanol–water partition coefficient (Wildman–Crippen LogP) is -0.397. The van der Waals surface area contributed by atoms with Crippen molar-refractivity contribution in [3.63, 3.8) is 0 Å². The first-order valence-electron chi connectivity index (χ1n) is 4.93. The standard InChI is InChI=1S/C9H12O6S/c1-2-13-9(11)5-3-6(10)8-7(4-5)14-16(12)15-8/h4,6-8,10H,2-3H2,1H3/t6-,7-,8+,16?/m1/s1. The molecule has 1 unspecified atom stereocenters. The van der Waals surface area contributed by atoms with Gasteiger partial charge < -0.3 is 9.84 Å². The van der Waals surface area contributed by atoms with Crippen LogP contribution in [-0.2, 0) is 29.3 Å². The van der Waals surface area contributed by atoms with Crippen molar-refractivity contribution in [1.82, 2.24) is 0 Å². The number of aliphatic hydroxyl groups excluding tert-OH is 1. The first-order valence-corrected chi connectivity index (χ1v) is 5.93. The maximum atomic E-state index is 11.4. The summed E-state index contributed by atoms with van der Waals surface area (Å²) in [6, 6.07) is 0. The van der Waals surface area contributed by atoms with Crippen LogP contribution in [0.3, 0.4) is 0 Å². The first kappa shape index (κ1) is 11.7. The fourth-order valence-corrected chi connectivity index (χ4v) is 2.51. The summed E-state index contributed by atoms with van der Waals surface area (Å²) >= 11 is -1.85. The molecule has 0 aromatic heterocycles. The van der Waals surface area contributed by atoms with E-state index >= 15 is 0 Å². The SMILES string of the molecule is CCOC(=O)C1=C[C@H]2OS(=O)O[C@H]2[C@H](O)C1. The van der Waals surface area contributed by atoms with Crippen LogP contribution in [0.5, 0.6) is 0 Å². The third-order valence-electron chi connectivity index (χ3n) is 2.41. The zero-order valence-corrected chi connectivity index (χ0v) is 9.44. The van der Waals surface area contributed by atoms with Gasteiger partial charge in [-0.25, -0.2) is 4.79 Å². The van der Waals surface area contributed by atoms with Crippen LogP contribution in [0.4, 0.5) is 0 Å². The molecule has 2 aliphatic rings. The molecule has 1 saturated heterocycles. The topological polar surface area (TPSA) is 82.1 Å². The minimum absolute atomic E-state index is 0.126. The Hall–Kier alpha value is -0.760. The van der Waals surface area contributed by atoms with E-state index in [4.69, 9.17) is 13.1 Å². The third kappa shape index (κ3) is 2.17. The number of carbonyl (C=O) groups excluding carboxylic acids is 1. The lowest BCUT2D eigenvalue weighted by molar-refractivity contribution is -0.139. The number of aliphatic hydroxyl groups is 1. The second kappa shape index (κ2) is 4.62. The van der Waals surface area contributed by atoms with Crippen LogP contribution in [0, 0.1) is 0 Å². The maximum Gasteiger partial charge on any atom is 0.333 e. The van der Waals surface area contributed by atoms with E-state index < -0.39 is 35.6 Å². The van der Waals surface area contributed by atoms with E-state index in [9.17, 15) is 14.1 Å². The summed E-state index contributed by atoms with van der Waals surface area (Å²) in [4.78, 5) is 11.4. The van der Waals surface area contributed by atoms with E-state index in [2.05, 4.69) is 0 Å². The van der Waals surface area contributed by atoms with Gasteiger partial charge in [0.2, 0.25) is 0 Å². The molecule has 0 saturated carbocycles. The molecule has 0 spiro atoms. The van der Waals surface area contributed by atoms with Crippen LogP contribution in [0.15, 0.2) is 11.6 Å². The Labute approximate surface area is 95.0 Å². The average molecular weight is 248 g/mol. The lowest BCUT2D eigenvalue weighted by Crippen LogP contribution is -2.39. The normalized spacial score (nSPS) is 37.8. The molecular formula is C9H12O6S. The Morgan fingerprint density at radius 1 is 1.69 bits per heavy atom. The van der Waals surface area contributed by atoms with Crippen molar-refractivity contribution in [2.75, 3.05) is 6.61 Å². The van der Waals surface area contributed by atoms with Crippen molar-refractivity contribution < 1.29 is 27.2 Å². The molecule has 6 nitrogen and oxygen atoms in total. The first-order chi connectivity index (χ1) is 7.61. The largest absolute Gasteiger partial charge is 0.463 e. The Kier molecular flexibility index (Phi) is 3.38. The highest BCUT2D eigenvalue weighted by molar-refractivity contribution is 7.75. The molecule has 0 radical (unpaired) electrons. The van der Waals surface area contributed by atoms with Gasteiger partial charge in [-0.05, 0) is 13.0 Å². The van der Waals surface area contributed by atoms with Gasteiger partial charge >= 0.3 is 17.3 Å². The molecule has 1 heterocycles. The van der Waals surface area contributed by atoms with E-state index in [1.54, 1.807) is 6.92 Å². The molecule has 16 heavy (non-hydrogen) atoms. The molecule has 0 aromatic carbocycles. The van der Waals surface area contributed by atoms with Crippen LogP contribution < -0.4 is 0 Å². The van der Waals surface area contributed by atoms with Crippen LogP contribution >= 0.6 is 0 Å². The number of ether oxygens (including phenoxy) is 1. The fraction of sp³-hybridized carbons (Fsp3) is 0.667. The zero-order chi connectivity index (χ0) is 11.7. The van der Waals surface area contributed by atoms with Crippen LogP contribution in [0.2, 0.25) is 0 Å². The highest BCUT2D eigenvalue weighted by Crippen LogP contribution is 2.30. The highest BCUT2D eigenvalue weighted by atomic mass is 32.2. The van der Waals surface area contributed by atoms with Crippen LogP contribution in [0.1, 0.15) is 13.3 Å². The summed E-state index contributed by atoms with van der Waals surface area (Å²) < 4.78 is 25.6. The summed E-state index contributed by atoms with van der Waals surface area (Å²) in [7, 11) is 0. The minimum atomic E-state index is -1.85. The molecule has 90 valence electrons. The lowest BCUT2D eigenvalue weighted by Gasteiger charge is -2.24. The van der Waals surface area contributed by atoms with Crippen molar-refractivity contribution >= 4 is 17.3 Å². The van der Waals surface area contributed by atoms with Crippen molar-refractivity contribution in [3.05, 3.63) is 11.6 Å². The van der Waals surface area contributed by atoms with E-state index in [0.29, 0.717) is 5.57 Å². The molecule has 1 N–H and O–H groups in total. The van der Waals surface area contributed by atoms with E-state index in [1.807, 2.05) is 0 Å². The molecule has 4 atom stereocenters. The van der Waals surface area contributed by atoms with Gasteiger partial charge in [0.15, 0.2) is 0 Å². The highest BCUT2D eigenvalue weighted by Gasteiger charge is 2.43. The van der Waals surface area contributed by atoms with Crippen LogP contribution in [0.25, 0.3) is 0 Å². The Balaban J connectivity index is 2.14. The Morgan fingerprint density at radius 3 is 3.12 bits per heavy atom. The van der Waals surface area contributed by atoms with Gasteiger partial charge in [0.1, 0.15) is 12.2 Å². The molecule has 0 amide bonds. The molecule has 0 aromatic rings. The molecular weight excluding hydrogens is 236 g/mol. The second-order valence-corrected chi connectivity index (χ2v) is 4.30. The Morgan fingerprint density at radius 2 is 2.44 bits per heavy atom. The second-order valence-electron chi connectivity index (χ2n) is 3.51. The summed E-state index contributed by atoms with van der Waals surface area (Å²) in [5.41, 5.74) is 0.332. The summed E-state index contributed by atoms with van der Waals surface area (Å²) in [6.45, 7) is 1.97. The van der Waals surface area contributed by atoms with Crippen LogP contribution in [-0.4, -0.2) is 40.2 Å². The molecule has 1 aliphatic heterocycles. The number of hydrogen-bond donors (Lipinski definition) is 1. The Bertz CT molecular complexity index is 352. The number of carbonyl (C=O) groups is 1. The number of fused-ring (bicyclic) bond motifs is 1. The van der Waals surface area contributed by atoms with Gasteiger partial charge in [-0.15, -0.1) is 0 Å². The smallest absolute Gasteiger partial charge is 0.333 e. The molecule has 1 fully saturated rings. The molecule has 1 aliphatic carbocycles. The van der Waals surface area contributed by atoms with Gasteiger partial charge in [-0.2, -0.15) is 4.21 Å². The zero-order valence-electron chi connectivity index (χ0n) is 8.62. The number of esters is 1. The molecule has 2 rings (SSSR count). The molecule has 7 heteroatoms. The summed E-state index contributed by atoms with van der Waals surface area (Å²) in [6.07, 6.45) is -0.593. The quantitative estimate of drug-likeness (QED) is 0.670. The van der Waals surface area contributed by atoms with E-state index in [-0.39, 0.29) is 13.0 Å². The van der Waals surface area contributed by atoms with E-state index in [1.165, 1.54) is 6.08 Å². The third-order valence-corrected chi connectivity index (χ3v) is 3.17. The summed E-state index contributed by atoms with van der Waals surface area (Å²) in [5, 5.41) is 9.70. The van der Waals surface area contributed by atoms with Crippen molar-refractivity contribution in [1.29, 1.82) is 0 Å². The van der Waals surface area contributed by atoms with Gasteiger partial charge in [-0.1, -0.05) is 0 Å². The van der Waals surface area contributed by atoms with Crippen molar-refractivity contribution in [2.24, 2.45) is 0 Å². The van der Waals surface area contributed by atoms with E-state index in [0.717, 1.165) is 0 Å². The monoisotopic (exact) mass is 248 g/mol. The van der Waals surface area contributed by atoms with Gasteiger partial charge in [0.05, 0.1) is 12.7 Å². The average Bonchev–Trinajstić information content (AvgIpc) is 2.59. The molecule has 0 bridgehead atoms.